The Kier molecular flexibility index (Phi) is 4.79. The summed E-state index contributed by atoms with van der Waals surface area (Å²) >= 11 is 0. The Bertz CT molecular complexity index is 530. The van der Waals surface area contributed by atoms with Crippen LogP contribution in [0, 0.1) is 0 Å². The molecule has 0 radical (unpaired) electrons. The number of ether oxygens (including phenoxy) is 1. The van der Waals surface area contributed by atoms with Crippen molar-refractivity contribution in [2.24, 2.45) is 10.9 Å². The molecule has 0 bridgehead atoms. The Balaban J connectivity index is 3.02. The van der Waals surface area contributed by atoms with Crippen molar-refractivity contribution >= 4 is 11.7 Å². The number of nitrogens with two attached hydrogens (primary N) is 1. The Morgan fingerprint density at radius 2 is 2.20 bits per heavy atom. The lowest BCUT2D eigenvalue weighted by atomic mass is 9.96. The number of oxime groups is 1. The fourth-order valence-electron chi connectivity index (χ4n) is 1.59. The summed E-state index contributed by atoms with van der Waals surface area (Å²) in [7, 11) is 1.46. The number of carbonyl (C=O) groups is 1. The van der Waals surface area contributed by atoms with Gasteiger partial charge in [0.25, 0.3) is 5.91 Å². The van der Waals surface area contributed by atoms with Crippen LogP contribution in [0.25, 0.3) is 0 Å². The van der Waals surface area contributed by atoms with E-state index >= 15 is 0 Å². The van der Waals surface area contributed by atoms with E-state index in [1.54, 1.807) is 19.9 Å². The average molecular weight is 281 g/mol. The molecule has 0 spiro atoms. The third-order valence-electron chi connectivity index (χ3n) is 3.22. The average Bonchev–Trinajstić information content (AvgIpc) is 2.45. The van der Waals surface area contributed by atoms with Gasteiger partial charge in [0.1, 0.15) is 11.5 Å². The molecule has 0 aliphatic rings. The summed E-state index contributed by atoms with van der Waals surface area (Å²) in [5.74, 6) is -0.406. The van der Waals surface area contributed by atoms with Crippen molar-refractivity contribution in [2.75, 3.05) is 7.11 Å². The van der Waals surface area contributed by atoms with Crippen molar-refractivity contribution in [3.63, 3.8) is 0 Å². The Morgan fingerprint density at radius 3 is 2.65 bits per heavy atom. The van der Waals surface area contributed by atoms with Gasteiger partial charge in [-0.15, -0.1) is 0 Å². The Morgan fingerprint density at radius 1 is 1.55 bits per heavy atom. The van der Waals surface area contributed by atoms with E-state index in [1.807, 2.05) is 0 Å². The molecule has 0 aromatic heterocycles. The number of nitrogens with one attached hydrogen (secondary N) is 1. The highest BCUT2D eigenvalue weighted by molar-refractivity contribution is 6.01. The van der Waals surface area contributed by atoms with Crippen LogP contribution in [0.15, 0.2) is 23.4 Å². The molecule has 1 aromatic rings. The molecule has 1 rings (SSSR count). The van der Waals surface area contributed by atoms with Gasteiger partial charge in [-0.05, 0) is 25.5 Å². The number of nitrogens with zero attached hydrogens (tertiary/aromatic N) is 1. The van der Waals surface area contributed by atoms with Crippen molar-refractivity contribution in [1.82, 2.24) is 5.32 Å². The second-order valence-corrected chi connectivity index (χ2v) is 4.51. The molecule has 0 aliphatic heterocycles. The summed E-state index contributed by atoms with van der Waals surface area (Å²) in [6, 6.07) is 4.33. The van der Waals surface area contributed by atoms with Crippen LogP contribution < -0.4 is 15.8 Å². The maximum Gasteiger partial charge on any atom is 0.255 e. The number of amidine groups is 1. The van der Waals surface area contributed by atoms with E-state index in [2.05, 4.69) is 10.5 Å². The van der Waals surface area contributed by atoms with Gasteiger partial charge in [-0.1, -0.05) is 12.1 Å². The molecule has 1 aromatic carbocycles. The predicted octanol–water partition coefficient (Wildman–Crippen LogP) is 1.05. The maximum absolute atomic E-state index is 12.2. The smallest absolute Gasteiger partial charge is 0.255 e. The second kappa shape index (κ2) is 6.14. The third-order valence-corrected chi connectivity index (χ3v) is 3.22. The summed E-state index contributed by atoms with van der Waals surface area (Å²) in [4.78, 5) is 12.2. The fourth-order valence-corrected chi connectivity index (χ4v) is 1.59. The highest BCUT2D eigenvalue weighted by atomic mass is 16.5. The van der Waals surface area contributed by atoms with E-state index < -0.39 is 11.4 Å². The molecule has 7 nitrogen and oxygen atoms in total. The zero-order chi connectivity index (χ0) is 15.3. The van der Waals surface area contributed by atoms with Crippen LogP contribution in [-0.2, 0) is 0 Å². The summed E-state index contributed by atoms with van der Waals surface area (Å²) < 4.78 is 4.94. The number of benzene rings is 1. The molecule has 0 saturated heterocycles. The second-order valence-electron chi connectivity index (χ2n) is 4.51. The minimum atomic E-state index is -1.00. The van der Waals surface area contributed by atoms with Crippen molar-refractivity contribution in [3.8, 4) is 11.5 Å². The minimum Gasteiger partial charge on any atom is -0.507 e. The van der Waals surface area contributed by atoms with Gasteiger partial charge in [-0.3, -0.25) is 4.79 Å². The van der Waals surface area contributed by atoms with Gasteiger partial charge in [-0.25, -0.2) is 0 Å². The molecule has 110 valence electrons. The van der Waals surface area contributed by atoms with Crippen LogP contribution in [-0.4, -0.2) is 34.7 Å². The molecule has 0 fully saturated rings. The summed E-state index contributed by atoms with van der Waals surface area (Å²) in [6.07, 6.45) is 0.422. The first-order valence-corrected chi connectivity index (χ1v) is 6.05. The van der Waals surface area contributed by atoms with Crippen molar-refractivity contribution in [3.05, 3.63) is 23.8 Å². The molecule has 1 amide bonds. The molecular formula is C13H19N3O4. The number of phenols is 1. The normalized spacial score (nSPS) is 14.4. The van der Waals surface area contributed by atoms with E-state index in [-0.39, 0.29) is 17.1 Å². The van der Waals surface area contributed by atoms with Gasteiger partial charge >= 0.3 is 0 Å². The minimum absolute atomic E-state index is 0.0798. The summed E-state index contributed by atoms with van der Waals surface area (Å²) in [6.45, 7) is 3.41. The van der Waals surface area contributed by atoms with E-state index in [0.29, 0.717) is 12.2 Å². The van der Waals surface area contributed by atoms with Crippen molar-refractivity contribution in [1.29, 1.82) is 0 Å². The Hall–Kier alpha value is -2.44. The van der Waals surface area contributed by atoms with Gasteiger partial charge < -0.3 is 26.1 Å². The summed E-state index contributed by atoms with van der Waals surface area (Å²) in [5, 5.41) is 24.1. The lowest BCUT2D eigenvalue weighted by Crippen LogP contribution is -2.55. The summed E-state index contributed by atoms with van der Waals surface area (Å²) in [5.41, 5.74) is 4.65. The van der Waals surface area contributed by atoms with E-state index in [0.717, 1.165) is 0 Å². The van der Waals surface area contributed by atoms with Crippen LogP contribution in [0.2, 0.25) is 0 Å². The molecule has 1 atom stereocenters. The van der Waals surface area contributed by atoms with Crippen LogP contribution in [0.5, 0.6) is 11.5 Å². The first-order valence-electron chi connectivity index (χ1n) is 6.05. The molecule has 0 aliphatic carbocycles. The lowest BCUT2D eigenvalue weighted by molar-refractivity contribution is 0.0922. The molecule has 20 heavy (non-hydrogen) atoms. The quantitative estimate of drug-likeness (QED) is 0.278. The number of aromatic hydroxyl groups is 1. The first kappa shape index (κ1) is 15.6. The number of methoxy groups -OCH3 is 1. The number of carbonyl (C=O) groups excluding carboxylic acids is 1. The molecule has 0 heterocycles. The molecule has 1 unspecified atom stereocenters. The van der Waals surface area contributed by atoms with E-state index in [4.69, 9.17) is 15.7 Å². The monoisotopic (exact) mass is 281 g/mol. The lowest BCUT2D eigenvalue weighted by Gasteiger charge is -2.28. The predicted molar refractivity (Wildman–Crippen MR) is 74.2 cm³/mol. The SMILES string of the molecule is CCC(C)(NC(=O)c1ccc(OC)cc1O)/C(N)=N/O. The van der Waals surface area contributed by atoms with Crippen LogP contribution >= 0.6 is 0 Å². The van der Waals surface area contributed by atoms with Crippen molar-refractivity contribution < 1.29 is 19.8 Å². The number of amides is 1. The van der Waals surface area contributed by atoms with E-state index in [1.165, 1.54) is 19.2 Å². The van der Waals surface area contributed by atoms with Crippen LogP contribution in [0.3, 0.4) is 0 Å². The van der Waals surface area contributed by atoms with Crippen LogP contribution in [0.4, 0.5) is 0 Å². The van der Waals surface area contributed by atoms with E-state index in [9.17, 15) is 9.90 Å². The zero-order valence-electron chi connectivity index (χ0n) is 11.7. The highest BCUT2D eigenvalue weighted by Crippen LogP contribution is 2.24. The third kappa shape index (κ3) is 3.11. The standard InChI is InChI=1S/C13H19N3O4/c1-4-13(2,12(14)16-19)15-11(18)9-6-5-8(20-3)7-10(9)17/h5-7,17,19H,4H2,1-3H3,(H2,14,16)(H,15,18). The fraction of sp³-hybridized carbons (Fsp3) is 0.385. The topological polar surface area (TPSA) is 117 Å². The van der Waals surface area contributed by atoms with Gasteiger partial charge in [-0.2, -0.15) is 0 Å². The zero-order valence-corrected chi connectivity index (χ0v) is 11.7. The molecule has 0 saturated carbocycles. The molecule has 5 N–H and O–H groups in total. The number of hydrogen-bond acceptors (Lipinski definition) is 5. The Labute approximate surface area is 117 Å². The largest absolute Gasteiger partial charge is 0.507 e. The first-order chi connectivity index (χ1) is 9.37. The van der Waals surface area contributed by atoms with Crippen molar-refractivity contribution in [2.45, 2.75) is 25.8 Å². The number of rotatable bonds is 5. The number of phenolic OH excluding ortho intramolecular Hbond substituents is 1. The number of hydrogen-bond donors (Lipinski definition) is 4. The molecular weight excluding hydrogens is 262 g/mol. The highest BCUT2D eigenvalue weighted by Gasteiger charge is 2.30. The van der Waals surface area contributed by atoms with Gasteiger partial charge in [0.15, 0.2) is 5.84 Å². The van der Waals surface area contributed by atoms with Gasteiger partial charge in [0, 0.05) is 6.07 Å². The molecule has 7 heteroatoms. The van der Waals surface area contributed by atoms with Gasteiger partial charge in [0.05, 0.1) is 18.2 Å². The maximum atomic E-state index is 12.2. The van der Waals surface area contributed by atoms with Crippen LogP contribution in [0.1, 0.15) is 30.6 Å². The van der Waals surface area contributed by atoms with Gasteiger partial charge in [0.2, 0.25) is 0 Å².